The van der Waals surface area contributed by atoms with Crippen LogP contribution in [0, 0.1) is 6.92 Å². The second-order valence-electron chi connectivity index (χ2n) is 6.33. The maximum atomic E-state index is 12.8. The second-order valence-corrected chi connectivity index (χ2v) is 6.33. The molecule has 0 aliphatic carbocycles. The zero-order valence-corrected chi connectivity index (χ0v) is 14.5. The number of anilines is 1. The van der Waals surface area contributed by atoms with Crippen molar-refractivity contribution in [3.05, 3.63) is 59.7 Å². The fraction of sp³-hybridized carbons (Fsp3) is 0.350. The molecule has 1 saturated heterocycles. The van der Waals surface area contributed by atoms with Gasteiger partial charge in [-0.1, -0.05) is 35.9 Å². The highest BCUT2D eigenvalue weighted by atomic mass is 16.5. The molecule has 126 valence electrons. The average molecular weight is 324 g/mol. The highest BCUT2D eigenvalue weighted by Gasteiger charge is 2.32. The van der Waals surface area contributed by atoms with Crippen LogP contribution in [-0.4, -0.2) is 37.0 Å². The van der Waals surface area contributed by atoms with Gasteiger partial charge in [-0.2, -0.15) is 0 Å². The Balaban J connectivity index is 1.73. The van der Waals surface area contributed by atoms with Crippen molar-refractivity contribution in [3.63, 3.8) is 0 Å². The van der Waals surface area contributed by atoms with Gasteiger partial charge in [0.1, 0.15) is 5.75 Å². The van der Waals surface area contributed by atoms with Crippen LogP contribution in [0.1, 0.15) is 18.1 Å². The van der Waals surface area contributed by atoms with Crippen molar-refractivity contribution in [3.8, 4) is 5.75 Å². The molecule has 0 spiro atoms. The Morgan fingerprint density at radius 2 is 1.92 bits per heavy atom. The molecule has 0 N–H and O–H groups in total. The third-order valence-electron chi connectivity index (χ3n) is 4.62. The lowest BCUT2D eigenvalue weighted by Gasteiger charge is -2.39. The van der Waals surface area contributed by atoms with E-state index in [0.29, 0.717) is 6.54 Å². The van der Waals surface area contributed by atoms with E-state index in [0.717, 1.165) is 24.5 Å². The van der Waals surface area contributed by atoms with E-state index in [1.165, 1.54) is 11.1 Å². The minimum absolute atomic E-state index is 0.134. The molecule has 1 atom stereocenters. The number of nitrogens with zero attached hydrogens (tertiary/aromatic N) is 2. The molecule has 0 aromatic heterocycles. The first-order valence-corrected chi connectivity index (χ1v) is 8.33. The van der Waals surface area contributed by atoms with Gasteiger partial charge in [0.25, 0.3) is 0 Å². The Labute approximate surface area is 143 Å². The van der Waals surface area contributed by atoms with Crippen LogP contribution in [0.25, 0.3) is 0 Å². The number of ether oxygens (including phenoxy) is 1. The molecule has 24 heavy (non-hydrogen) atoms. The number of benzene rings is 2. The Morgan fingerprint density at radius 3 is 2.67 bits per heavy atom. The van der Waals surface area contributed by atoms with E-state index >= 15 is 0 Å². The molecule has 1 heterocycles. The van der Waals surface area contributed by atoms with Gasteiger partial charge in [-0.25, -0.2) is 0 Å². The van der Waals surface area contributed by atoms with Gasteiger partial charge < -0.3 is 9.64 Å². The average Bonchev–Trinajstić information content (AvgIpc) is 2.59. The number of carbonyl (C=O) groups excluding carboxylic acids is 1. The summed E-state index contributed by atoms with van der Waals surface area (Å²) in [5.74, 6) is 0.914. The Morgan fingerprint density at radius 1 is 1.12 bits per heavy atom. The van der Waals surface area contributed by atoms with Crippen LogP contribution in [0.3, 0.4) is 0 Å². The van der Waals surface area contributed by atoms with Crippen LogP contribution < -0.4 is 9.64 Å². The van der Waals surface area contributed by atoms with Crippen molar-refractivity contribution in [2.75, 3.05) is 25.1 Å². The number of aryl methyl sites for hydroxylation is 1. The lowest BCUT2D eigenvalue weighted by atomic mass is 10.1. The van der Waals surface area contributed by atoms with Crippen molar-refractivity contribution >= 4 is 11.6 Å². The third-order valence-corrected chi connectivity index (χ3v) is 4.62. The van der Waals surface area contributed by atoms with E-state index < -0.39 is 0 Å². The number of rotatable bonds is 4. The van der Waals surface area contributed by atoms with E-state index in [9.17, 15) is 4.79 Å². The van der Waals surface area contributed by atoms with Crippen molar-refractivity contribution < 1.29 is 9.53 Å². The Kier molecular flexibility index (Phi) is 4.86. The summed E-state index contributed by atoms with van der Waals surface area (Å²) in [5.41, 5.74) is 3.41. The minimum Gasteiger partial charge on any atom is -0.497 e. The normalized spacial score (nSPS) is 18.7. The van der Waals surface area contributed by atoms with Gasteiger partial charge in [0.05, 0.1) is 13.2 Å². The molecule has 0 radical (unpaired) electrons. The zero-order chi connectivity index (χ0) is 17.1. The SMILES string of the molecule is COc1cccc(N2CCN(Cc3cccc(C)c3)C(C)C2=O)c1. The van der Waals surface area contributed by atoms with Gasteiger partial charge in [0.15, 0.2) is 0 Å². The predicted molar refractivity (Wildman–Crippen MR) is 96.4 cm³/mol. The van der Waals surface area contributed by atoms with Crippen LogP contribution in [0.2, 0.25) is 0 Å². The minimum atomic E-state index is -0.134. The van der Waals surface area contributed by atoms with Crippen LogP contribution in [0.4, 0.5) is 5.69 Å². The van der Waals surface area contributed by atoms with Crippen molar-refractivity contribution in [2.24, 2.45) is 0 Å². The highest BCUT2D eigenvalue weighted by Crippen LogP contribution is 2.25. The van der Waals surface area contributed by atoms with Gasteiger partial charge in [-0.3, -0.25) is 9.69 Å². The number of methoxy groups -OCH3 is 1. The lowest BCUT2D eigenvalue weighted by molar-refractivity contribution is -0.125. The molecule has 1 aliphatic rings. The van der Waals surface area contributed by atoms with Gasteiger partial charge in [-0.15, -0.1) is 0 Å². The first-order valence-electron chi connectivity index (χ1n) is 8.33. The summed E-state index contributed by atoms with van der Waals surface area (Å²) >= 11 is 0. The smallest absolute Gasteiger partial charge is 0.244 e. The standard InChI is InChI=1S/C20H24N2O2/c1-15-6-4-7-17(12-15)14-21-10-11-22(20(23)16(21)2)18-8-5-9-19(13-18)24-3/h4-9,12-13,16H,10-11,14H2,1-3H3. The zero-order valence-electron chi connectivity index (χ0n) is 14.5. The lowest BCUT2D eigenvalue weighted by Crippen LogP contribution is -2.55. The first kappa shape index (κ1) is 16.5. The summed E-state index contributed by atoms with van der Waals surface area (Å²) < 4.78 is 5.27. The summed E-state index contributed by atoms with van der Waals surface area (Å²) in [4.78, 5) is 16.9. The van der Waals surface area contributed by atoms with Crippen molar-refractivity contribution in [2.45, 2.75) is 26.4 Å². The maximum absolute atomic E-state index is 12.8. The molecule has 1 amide bonds. The summed E-state index contributed by atoms with van der Waals surface area (Å²) in [5, 5.41) is 0. The molecular formula is C20H24N2O2. The van der Waals surface area contributed by atoms with Crippen LogP contribution in [-0.2, 0) is 11.3 Å². The first-order chi connectivity index (χ1) is 11.6. The molecule has 4 nitrogen and oxygen atoms in total. The van der Waals surface area contributed by atoms with Crippen LogP contribution in [0.15, 0.2) is 48.5 Å². The van der Waals surface area contributed by atoms with Crippen molar-refractivity contribution in [1.82, 2.24) is 4.90 Å². The predicted octanol–water partition coefficient (Wildman–Crippen LogP) is 3.24. The molecule has 1 fully saturated rings. The van der Waals surface area contributed by atoms with E-state index in [1.807, 2.05) is 36.1 Å². The molecule has 4 heteroatoms. The Hall–Kier alpha value is -2.33. The fourth-order valence-corrected chi connectivity index (χ4v) is 3.21. The van der Waals surface area contributed by atoms with Gasteiger partial charge in [0.2, 0.25) is 5.91 Å². The largest absolute Gasteiger partial charge is 0.497 e. The van der Waals surface area contributed by atoms with Crippen LogP contribution in [0.5, 0.6) is 5.75 Å². The number of carbonyl (C=O) groups is 1. The third kappa shape index (κ3) is 3.44. The summed E-state index contributed by atoms with van der Waals surface area (Å²) in [6, 6.07) is 16.0. The second kappa shape index (κ2) is 7.05. The number of hydrogen-bond donors (Lipinski definition) is 0. The van der Waals surface area contributed by atoms with Gasteiger partial charge in [0, 0.05) is 31.4 Å². The number of piperazine rings is 1. The molecule has 1 unspecified atom stereocenters. The summed E-state index contributed by atoms with van der Waals surface area (Å²) in [7, 11) is 1.64. The highest BCUT2D eigenvalue weighted by molar-refractivity contribution is 5.97. The summed E-state index contributed by atoms with van der Waals surface area (Å²) in [6.45, 7) is 6.45. The van der Waals surface area contributed by atoms with E-state index in [1.54, 1.807) is 7.11 Å². The monoisotopic (exact) mass is 324 g/mol. The number of hydrogen-bond acceptors (Lipinski definition) is 3. The number of amides is 1. The van der Waals surface area contributed by atoms with Crippen molar-refractivity contribution in [1.29, 1.82) is 0 Å². The van der Waals surface area contributed by atoms with Gasteiger partial charge >= 0.3 is 0 Å². The van der Waals surface area contributed by atoms with Crippen LogP contribution >= 0.6 is 0 Å². The molecular weight excluding hydrogens is 300 g/mol. The molecule has 1 aliphatic heterocycles. The fourth-order valence-electron chi connectivity index (χ4n) is 3.21. The maximum Gasteiger partial charge on any atom is 0.244 e. The molecule has 0 saturated carbocycles. The summed E-state index contributed by atoms with van der Waals surface area (Å²) in [6.07, 6.45) is 0. The quantitative estimate of drug-likeness (QED) is 0.865. The van der Waals surface area contributed by atoms with E-state index in [-0.39, 0.29) is 11.9 Å². The van der Waals surface area contributed by atoms with Gasteiger partial charge in [-0.05, 0) is 31.5 Å². The molecule has 0 bridgehead atoms. The molecule has 2 aromatic carbocycles. The topological polar surface area (TPSA) is 32.8 Å². The molecule has 3 rings (SSSR count). The van der Waals surface area contributed by atoms with E-state index in [2.05, 4.69) is 36.1 Å². The Bertz CT molecular complexity index is 729. The molecule has 2 aromatic rings. The van der Waals surface area contributed by atoms with E-state index in [4.69, 9.17) is 4.74 Å².